The summed E-state index contributed by atoms with van der Waals surface area (Å²) in [5.74, 6) is -0.676. The first-order valence-electron chi connectivity index (χ1n) is 8.15. The second-order valence-electron chi connectivity index (χ2n) is 6.03. The van der Waals surface area contributed by atoms with Gasteiger partial charge in [-0.3, -0.25) is 14.8 Å². The highest BCUT2D eigenvalue weighted by atomic mass is 16.5. The molecule has 0 unspecified atom stereocenters. The van der Waals surface area contributed by atoms with Crippen molar-refractivity contribution in [2.24, 2.45) is 0 Å². The van der Waals surface area contributed by atoms with Crippen LogP contribution in [0.15, 0.2) is 54.6 Å². The number of amides is 2. The molecule has 0 spiro atoms. The van der Waals surface area contributed by atoms with E-state index < -0.39 is 11.3 Å². The molecule has 2 aromatic carbocycles. The third-order valence-electron chi connectivity index (χ3n) is 4.61. The topological polar surface area (TPSA) is 87.7 Å². The maximum absolute atomic E-state index is 13.1. The Kier molecular flexibility index (Phi) is 5.11. The maximum atomic E-state index is 13.1. The molecular weight excluding hydrogens is 320 g/mol. The van der Waals surface area contributed by atoms with Gasteiger partial charge in [-0.1, -0.05) is 30.3 Å². The van der Waals surface area contributed by atoms with Crippen LogP contribution in [-0.2, 0) is 14.9 Å². The fourth-order valence-electron chi connectivity index (χ4n) is 3.14. The molecule has 0 bridgehead atoms. The SMILES string of the molecule is O=C(NO)c1ccc(NC(=O)C2(c3ccccc3)CCOCC2)cc1. The number of hydrogen-bond acceptors (Lipinski definition) is 4. The number of ether oxygens (including phenoxy) is 1. The Morgan fingerprint density at radius 1 is 0.960 bits per heavy atom. The average Bonchev–Trinajstić information content (AvgIpc) is 2.69. The molecule has 3 N–H and O–H groups in total. The maximum Gasteiger partial charge on any atom is 0.274 e. The van der Waals surface area contributed by atoms with Crippen LogP contribution < -0.4 is 10.8 Å². The van der Waals surface area contributed by atoms with Gasteiger partial charge in [-0.05, 0) is 42.7 Å². The van der Waals surface area contributed by atoms with Crippen LogP contribution in [-0.4, -0.2) is 30.2 Å². The van der Waals surface area contributed by atoms with Crippen LogP contribution in [0.1, 0.15) is 28.8 Å². The summed E-state index contributed by atoms with van der Waals surface area (Å²) in [6.45, 7) is 1.08. The normalized spacial score (nSPS) is 16.0. The highest BCUT2D eigenvalue weighted by Gasteiger charge is 2.41. The zero-order chi connectivity index (χ0) is 17.7. The molecule has 0 saturated carbocycles. The van der Waals surface area contributed by atoms with Gasteiger partial charge >= 0.3 is 0 Å². The molecule has 3 rings (SSSR count). The summed E-state index contributed by atoms with van der Waals surface area (Å²) in [7, 11) is 0. The zero-order valence-corrected chi connectivity index (χ0v) is 13.7. The molecule has 1 aliphatic heterocycles. The van der Waals surface area contributed by atoms with Crippen LogP contribution in [0, 0.1) is 0 Å². The van der Waals surface area contributed by atoms with Crippen LogP contribution in [0.5, 0.6) is 0 Å². The van der Waals surface area contributed by atoms with Crippen molar-refractivity contribution in [3.8, 4) is 0 Å². The molecule has 2 aromatic rings. The fourth-order valence-corrected chi connectivity index (χ4v) is 3.14. The predicted octanol–water partition coefficient (Wildman–Crippen LogP) is 2.49. The smallest absolute Gasteiger partial charge is 0.274 e. The minimum absolute atomic E-state index is 0.0821. The van der Waals surface area contributed by atoms with Crippen molar-refractivity contribution < 1.29 is 19.5 Å². The molecule has 25 heavy (non-hydrogen) atoms. The van der Waals surface area contributed by atoms with Crippen LogP contribution in [0.25, 0.3) is 0 Å². The third kappa shape index (κ3) is 3.55. The van der Waals surface area contributed by atoms with Gasteiger partial charge in [-0.15, -0.1) is 0 Å². The first-order valence-corrected chi connectivity index (χ1v) is 8.15. The fraction of sp³-hybridized carbons (Fsp3) is 0.263. The lowest BCUT2D eigenvalue weighted by atomic mass is 9.73. The summed E-state index contributed by atoms with van der Waals surface area (Å²) in [6, 6.07) is 16.1. The summed E-state index contributed by atoms with van der Waals surface area (Å²) in [6.07, 6.45) is 1.24. The number of nitrogens with one attached hydrogen (secondary N) is 2. The van der Waals surface area contributed by atoms with Crippen LogP contribution in [0.3, 0.4) is 0 Å². The van der Waals surface area contributed by atoms with Gasteiger partial charge in [0.15, 0.2) is 0 Å². The molecular formula is C19H20N2O4. The van der Waals surface area contributed by atoms with Gasteiger partial charge < -0.3 is 10.1 Å². The Hall–Kier alpha value is -2.70. The molecule has 1 saturated heterocycles. The molecule has 2 amide bonds. The Bertz CT molecular complexity index is 738. The third-order valence-corrected chi connectivity index (χ3v) is 4.61. The van der Waals surface area contributed by atoms with Crippen molar-refractivity contribution in [1.29, 1.82) is 0 Å². The Labute approximate surface area is 145 Å². The van der Waals surface area contributed by atoms with E-state index in [0.717, 1.165) is 5.56 Å². The number of anilines is 1. The number of hydrogen-bond donors (Lipinski definition) is 3. The molecule has 0 aliphatic carbocycles. The molecule has 0 aromatic heterocycles. The molecule has 1 fully saturated rings. The first-order chi connectivity index (χ1) is 12.2. The summed E-state index contributed by atoms with van der Waals surface area (Å²) in [4.78, 5) is 24.4. The Balaban J connectivity index is 1.83. The highest BCUT2D eigenvalue weighted by Crippen LogP contribution is 2.36. The predicted molar refractivity (Wildman–Crippen MR) is 92.5 cm³/mol. The number of hydroxylamine groups is 1. The summed E-state index contributed by atoms with van der Waals surface area (Å²) in [5, 5.41) is 11.6. The lowest BCUT2D eigenvalue weighted by molar-refractivity contribution is -0.125. The van der Waals surface area contributed by atoms with Gasteiger partial charge in [0.2, 0.25) is 5.91 Å². The lowest BCUT2D eigenvalue weighted by Gasteiger charge is -2.36. The standard InChI is InChI=1S/C19H20N2O4/c22-17(21-24)14-6-8-16(9-7-14)20-18(23)19(10-12-25-13-11-19)15-4-2-1-3-5-15/h1-9,24H,10-13H2,(H,20,23)(H,21,22). The van der Waals surface area contributed by atoms with E-state index in [4.69, 9.17) is 9.94 Å². The summed E-state index contributed by atoms with van der Waals surface area (Å²) >= 11 is 0. The van der Waals surface area contributed by atoms with E-state index in [1.54, 1.807) is 29.7 Å². The van der Waals surface area contributed by atoms with E-state index in [9.17, 15) is 9.59 Å². The quantitative estimate of drug-likeness (QED) is 0.589. The van der Waals surface area contributed by atoms with Crippen molar-refractivity contribution in [2.75, 3.05) is 18.5 Å². The Morgan fingerprint density at radius 2 is 1.60 bits per heavy atom. The van der Waals surface area contributed by atoms with E-state index in [-0.39, 0.29) is 5.91 Å². The van der Waals surface area contributed by atoms with Crippen LogP contribution >= 0.6 is 0 Å². The molecule has 1 aliphatic rings. The second-order valence-corrected chi connectivity index (χ2v) is 6.03. The largest absolute Gasteiger partial charge is 0.381 e. The van der Waals surface area contributed by atoms with E-state index >= 15 is 0 Å². The minimum atomic E-state index is -0.624. The number of rotatable bonds is 4. The number of carbonyl (C=O) groups excluding carboxylic acids is 2. The van der Waals surface area contributed by atoms with E-state index in [1.807, 2.05) is 30.3 Å². The van der Waals surface area contributed by atoms with Crippen molar-refractivity contribution in [1.82, 2.24) is 5.48 Å². The van der Waals surface area contributed by atoms with Crippen LogP contribution in [0.4, 0.5) is 5.69 Å². The number of benzene rings is 2. The van der Waals surface area contributed by atoms with E-state index in [1.165, 1.54) is 0 Å². The minimum Gasteiger partial charge on any atom is -0.381 e. The molecule has 6 nitrogen and oxygen atoms in total. The lowest BCUT2D eigenvalue weighted by Crippen LogP contribution is -2.44. The monoisotopic (exact) mass is 340 g/mol. The summed E-state index contributed by atoms with van der Waals surface area (Å²) < 4.78 is 5.45. The molecule has 130 valence electrons. The van der Waals surface area contributed by atoms with E-state index in [0.29, 0.717) is 37.3 Å². The van der Waals surface area contributed by atoms with Gasteiger partial charge in [0.25, 0.3) is 5.91 Å². The van der Waals surface area contributed by atoms with Gasteiger partial charge in [0.05, 0.1) is 5.41 Å². The zero-order valence-electron chi connectivity index (χ0n) is 13.7. The second kappa shape index (κ2) is 7.46. The Morgan fingerprint density at radius 3 is 2.20 bits per heavy atom. The molecule has 1 heterocycles. The molecule has 0 radical (unpaired) electrons. The van der Waals surface area contributed by atoms with Crippen molar-refractivity contribution in [3.63, 3.8) is 0 Å². The number of carbonyl (C=O) groups is 2. The summed E-state index contributed by atoms with van der Waals surface area (Å²) in [5.41, 5.74) is 2.84. The van der Waals surface area contributed by atoms with Crippen LogP contribution in [0.2, 0.25) is 0 Å². The van der Waals surface area contributed by atoms with E-state index in [2.05, 4.69) is 5.32 Å². The van der Waals surface area contributed by atoms with Crippen molar-refractivity contribution in [2.45, 2.75) is 18.3 Å². The van der Waals surface area contributed by atoms with Crippen molar-refractivity contribution in [3.05, 3.63) is 65.7 Å². The van der Waals surface area contributed by atoms with Gasteiger partial charge in [-0.2, -0.15) is 0 Å². The van der Waals surface area contributed by atoms with Gasteiger partial charge in [0, 0.05) is 24.5 Å². The molecule has 6 heteroatoms. The van der Waals surface area contributed by atoms with Crippen molar-refractivity contribution >= 4 is 17.5 Å². The van der Waals surface area contributed by atoms with Gasteiger partial charge in [-0.25, -0.2) is 5.48 Å². The first kappa shape index (κ1) is 17.1. The molecule has 0 atom stereocenters. The van der Waals surface area contributed by atoms with Gasteiger partial charge in [0.1, 0.15) is 0 Å². The average molecular weight is 340 g/mol. The highest BCUT2D eigenvalue weighted by molar-refractivity contribution is 6.00.